The van der Waals surface area contributed by atoms with Crippen molar-refractivity contribution >= 4 is 15.9 Å². The molecule has 0 heterocycles. The highest BCUT2D eigenvalue weighted by molar-refractivity contribution is 7.89. The lowest BCUT2D eigenvalue weighted by Gasteiger charge is -2.08. The topological polar surface area (TPSA) is 84.5 Å². The Bertz CT molecular complexity index is 759. The van der Waals surface area contributed by atoms with E-state index in [0.29, 0.717) is 6.54 Å². The van der Waals surface area contributed by atoms with Gasteiger partial charge < -0.3 is 5.32 Å². The molecule has 0 aliphatic rings. The zero-order chi connectivity index (χ0) is 17.4. The van der Waals surface area contributed by atoms with E-state index < -0.39 is 15.9 Å². The molecule has 0 fully saturated rings. The molecule has 0 spiro atoms. The highest BCUT2D eigenvalue weighted by Gasteiger charge is 2.05. The number of urea groups is 1. The first-order chi connectivity index (χ1) is 11.4. The Hall–Kier alpha value is -2.38. The second-order valence-electron chi connectivity index (χ2n) is 5.45. The molecular formula is C17H20N2O4S. The molecule has 0 aliphatic heterocycles. The van der Waals surface area contributed by atoms with E-state index in [9.17, 15) is 13.2 Å². The van der Waals surface area contributed by atoms with Gasteiger partial charge in [0, 0.05) is 12.8 Å². The van der Waals surface area contributed by atoms with Gasteiger partial charge in [0.2, 0.25) is 0 Å². The van der Waals surface area contributed by atoms with E-state index in [2.05, 4.69) is 10.8 Å². The molecule has 0 unspecified atom stereocenters. The lowest BCUT2D eigenvalue weighted by Crippen LogP contribution is -2.34. The molecular weight excluding hydrogens is 328 g/mol. The standard InChI is InChI=1S/C17H20N2O4S/c1-24(21,22)13-16-9-7-14(8-10-16)11-18-17(20)19-23-12-15-5-3-2-4-6-15/h2-10H,11-13H2,1H3,(H2,18,19,20). The van der Waals surface area contributed by atoms with Crippen LogP contribution in [0.4, 0.5) is 4.79 Å². The Morgan fingerprint density at radius 2 is 1.58 bits per heavy atom. The van der Waals surface area contributed by atoms with Gasteiger partial charge >= 0.3 is 6.03 Å². The molecule has 0 radical (unpaired) electrons. The van der Waals surface area contributed by atoms with Crippen LogP contribution in [0.2, 0.25) is 0 Å². The van der Waals surface area contributed by atoms with Crippen molar-refractivity contribution < 1.29 is 18.0 Å². The third kappa shape index (κ3) is 6.80. The van der Waals surface area contributed by atoms with Crippen molar-refractivity contribution in [1.82, 2.24) is 10.8 Å². The minimum atomic E-state index is -3.05. The SMILES string of the molecule is CS(=O)(=O)Cc1ccc(CNC(=O)NOCc2ccccc2)cc1. The van der Waals surface area contributed by atoms with E-state index >= 15 is 0 Å². The van der Waals surface area contributed by atoms with Crippen molar-refractivity contribution in [3.05, 3.63) is 71.3 Å². The molecule has 0 saturated carbocycles. The number of nitrogens with one attached hydrogen (secondary N) is 2. The van der Waals surface area contributed by atoms with Crippen molar-refractivity contribution in [2.45, 2.75) is 18.9 Å². The highest BCUT2D eigenvalue weighted by atomic mass is 32.2. The van der Waals surface area contributed by atoms with Gasteiger partial charge in [-0.2, -0.15) is 0 Å². The number of sulfone groups is 1. The fourth-order valence-electron chi connectivity index (χ4n) is 2.03. The third-order valence-electron chi connectivity index (χ3n) is 3.15. The maximum atomic E-state index is 11.6. The summed E-state index contributed by atoms with van der Waals surface area (Å²) in [4.78, 5) is 16.7. The van der Waals surface area contributed by atoms with Gasteiger partial charge in [0.15, 0.2) is 9.84 Å². The van der Waals surface area contributed by atoms with Crippen LogP contribution in [0.25, 0.3) is 0 Å². The van der Waals surface area contributed by atoms with Gasteiger partial charge in [0.25, 0.3) is 0 Å². The smallest absolute Gasteiger partial charge is 0.332 e. The van der Waals surface area contributed by atoms with Gasteiger partial charge in [-0.05, 0) is 16.7 Å². The molecule has 2 N–H and O–H groups in total. The monoisotopic (exact) mass is 348 g/mol. The maximum Gasteiger partial charge on any atom is 0.338 e. The highest BCUT2D eigenvalue weighted by Crippen LogP contribution is 2.07. The van der Waals surface area contributed by atoms with Crippen LogP contribution in [0.1, 0.15) is 16.7 Å². The second-order valence-corrected chi connectivity index (χ2v) is 7.59. The van der Waals surface area contributed by atoms with Crippen molar-refractivity contribution in [2.24, 2.45) is 0 Å². The number of carbonyl (C=O) groups excluding carboxylic acids is 1. The van der Waals surface area contributed by atoms with Crippen LogP contribution in [0.15, 0.2) is 54.6 Å². The van der Waals surface area contributed by atoms with E-state index in [4.69, 9.17) is 4.84 Å². The Balaban J connectivity index is 1.71. The number of benzene rings is 2. The van der Waals surface area contributed by atoms with E-state index in [1.165, 1.54) is 6.26 Å². The number of hydrogen-bond acceptors (Lipinski definition) is 4. The summed E-state index contributed by atoms with van der Waals surface area (Å²) in [6.45, 7) is 0.605. The van der Waals surface area contributed by atoms with Gasteiger partial charge in [-0.1, -0.05) is 54.6 Å². The summed E-state index contributed by atoms with van der Waals surface area (Å²) in [7, 11) is -3.05. The molecule has 2 amide bonds. The summed E-state index contributed by atoms with van der Waals surface area (Å²) in [5.41, 5.74) is 4.86. The number of rotatable bonds is 7. The van der Waals surface area contributed by atoms with Gasteiger partial charge in [0.05, 0.1) is 12.4 Å². The first-order valence-electron chi connectivity index (χ1n) is 7.37. The molecule has 0 aliphatic carbocycles. The number of carbonyl (C=O) groups is 1. The van der Waals surface area contributed by atoms with Crippen LogP contribution in [0, 0.1) is 0 Å². The molecule has 2 aromatic carbocycles. The Morgan fingerprint density at radius 1 is 0.958 bits per heavy atom. The van der Waals surface area contributed by atoms with Crippen molar-refractivity contribution in [1.29, 1.82) is 0 Å². The molecule has 0 saturated heterocycles. The Morgan fingerprint density at radius 3 is 2.21 bits per heavy atom. The van der Waals surface area contributed by atoms with Crippen LogP contribution < -0.4 is 10.8 Å². The van der Waals surface area contributed by atoms with Crippen LogP contribution in [0.3, 0.4) is 0 Å². The molecule has 6 nitrogen and oxygen atoms in total. The van der Waals surface area contributed by atoms with Crippen LogP contribution in [-0.4, -0.2) is 20.7 Å². The Labute approximate surface area is 141 Å². The summed E-state index contributed by atoms with van der Waals surface area (Å²) in [6, 6.07) is 16.1. The molecule has 24 heavy (non-hydrogen) atoms. The average molecular weight is 348 g/mol. The minimum absolute atomic E-state index is 0.00845. The van der Waals surface area contributed by atoms with E-state index in [0.717, 1.165) is 16.7 Å². The first-order valence-corrected chi connectivity index (χ1v) is 9.43. The van der Waals surface area contributed by atoms with Crippen LogP contribution in [-0.2, 0) is 33.6 Å². The maximum absolute atomic E-state index is 11.6. The average Bonchev–Trinajstić information content (AvgIpc) is 2.54. The van der Waals surface area contributed by atoms with E-state index in [1.54, 1.807) is 24.3 Å². The largest absolute Gasteiger partial charge is 0.338 e. The summed E-state index contributed by atoms with van der Waals surface area (Å²) < 4.78 is 22.4. The summed E-state index contributed by atoms with van der Waals surface area (Å²) in [5, 5.41) is 2.66. The fraction of sp³-hybridized carbons (Fsp3) is 0.235. The zero-order valence-corrected chi connectivity index (χ0v) is 14.2. The normalized spacial score (nSPS) is 11.0. The molecule has 2 rings (SSSR count). The van der Waals surface area contributed by atoms with Crippen LogP contribution in [0.5, 0.6) is 0 Å². The minimum Gasteiger partial charge on any atom is -0.332 e. The van der Waals surface area contributed by atoms with Gasteiger partial charge in [-0.15, -0.1) is 0 Å². The molecule has 0 aromatic heterocycles. The van der Waals surface area contributed by atoms with Crippen LogP contribution >= 0.6 is 0 Å². The summed E-state index contributed by atoms with van der Waals surface area (Å²) >= 11 is 0. The third-order valence-corrected chi connectivity index (χ3v) is 4.01. The molecule has 7 heteroatoms. The number of amides is 2. The summed E-state index contributed by atoms with van der Waals surface area (Å²) in [5.74, 6) is 0.00845. The lowest BCUT2D eigenvalue weighted by molar-refractivity contribution is 0.0490. The first kappa shape index (κ1) is 18.0. The summed E-state index contributed by atoms with van der Waals surface area (Å²) in [6.07, 6.45) is 1.20. The lowest BCUT2D eigenvalue weighted by atomic mass is 10.1. The number of hydrogen-bond donors (Lipinski definition) is 2. The fourth-order valence-corrected chi connectivity index (χ4v) is 2.83. The van der Waals surface area contributed by atoms with Gasteiger partial charge in [0.1, 0.15) is 0 Å². The van der Waals surface area contributed by atoms with Crippen molar-refractivity contribution in [3.8, 4) is 0 Å². The molecule has 0 bridgehead atoms. The predicted octanol–water partition coefficient (Wildman–Crippen LogP) is 2.16. The molecule has 128 valence electrons. The molecule has 0 atom stereocenters. The van der Waals surface area contributed by atoms with Crippen molar-refractivity contribution in [2.75, 3.05) is 6.26 Å². The number of hydroxylamine groups is 1. The van der Waals surface area contributed by atoms with E-state index in [1.807, 2.05) is 30.3 Å². The Kier molecular flexibility index (Phi) is 6.34. The predicted molar refractivity (Wildman–Crippen MR) is 91.6 cm³/mol. The zero-order valence-electron chi connectivity index (χ0n) is 13.4. The van der Waals surface area contributed by atoms with E-state index in [-0.39, 0.29) is 12.4 Å². The second kappa shape index (κ2) is 8.47. The molecule has 2 aromatic rings. The quantitative estimate of drug-likeness (QED) is 0.751. The van der Waals surface area contributed by atoms with Gasteiger partial charge in [-0.25, -0.2) is 18.7 Å². The van der Waals surface area contributed by atoms with Crippen molar-refractivity contribution in [3.63, 3.8) is 0 Å². The van der Waals surface area contributed by atoms with Gasteiger partial charge in [-0.3, -0.25) is 4.84 Å².